The Kier molecular flexibility index (Phi) is 5.90. The number of ether oxygens (including phenoxy) is 1. The van der Waals surface area contributed by atoms with Gasteiger partial charge < -0.3 is 19.5 Å². The molecular weight excluding hydrogens is 354 g/mol. The molecule has 2 aliphatic heterocycles. The van der Waals surface area contributed by atoms with Crippen LogP contribution in [0.15, 0.2) is 23.0 Å². The zero-order valence-corrected chi connectivity index (χ0v) is 16.0. The number of carbonyl (C=O) groups is 2. The standard InChI is InChI=1S/C18H25N3O4S/c1-25-17(23)14(6-7-26-2)19-18(24)20-9-12-8-13(11-20)15-4-3-5-16(22)21(15)10-12/h3-5,12-14H,6-11H2,1-2H3,(H,19,24)/t12-,13+,14+/m1/s1. The second-order valence-electron chi connectivity index (χ2n) is 6.91. The summed E-state index contributed by atoms with van der Waals surface area (Å²) < 4.78 is 6.65. The molecule has 1 saturated heterocycles. The van der Waals surface area contributed by atoms with E-state index in [1.807, 2.05) is 16.9 Å². The van der Waals surface area contributed by atoms with Crippen molar-refractivity contribution in [2.45, 2.75) is 31.3 Å². The van der Waals surface area contributed by atoms with Crippen molar-refractivity contribution in [3.63, 3.8) is 0 Å². The van der Waals surface area contributed by atoms with Gasteiger partial charge >= 0.3 is 12.0 Å². The van der Waals surface area contributed by atoms with Crippen molar-refractivity contribution >= 4 is 23.8 Å². The maximum Gasteiger partial charge on any atom is 0.328 e. The topological polar surface area (TPSA) is 80.6 Å². The molecule has 26 heavy (non-hydrogen) atoms. The number of piperidine rings is 1. The average Bonchev–Trinajstić information content (AvgIpc) is 2.65. The van der Waals surface area contributed by atoms with Gasteiger partial charge in [-0.1, -0.05) is 6.07 Å². The first-order chi connectivity index (χ1) is 12.5. The smallest absolute Gasteiger partial charge is 0.328 e. The third kappa shape index (κ3) is 3.90. The van der Waals surface area contributed by atoms with Crippen molar-refractivity contribution in [3.8, 4) is 0 Å². The monoisotopic (exact) mass is 379 g/mol. The lowest BCUT2D eigenvalue weighted by atomic mass is 9.83. The Balaban J connectivity index is 1.70. The lowest BCUT2D eigenvalue weighted by molar-refractivity contribution is -0.142. The lowest BCUT2D eigenvalue weighted by Crippen LogP contribution is -2.54. The predicted molar refractivity (Wildman–Crippen MR) is 100 cm³/mol. The number of thioether (sulfide) groups is 1. The summed E-state index contributed by atoms with van der Waals surface area (Å²) in [4.78, 5) is 38.5. The predicted octanol–water partition coefficient (Wildman–Crippen LogP) is 1.27. The molecular formula is C18H25N3O4S. The Morgan fingerprint density at radius 1 is 1.35 bits per heavy atom. The van der Waals surface area contributed by atoms with Crippen LogP contribution in [0.25, 0.3) is 0 Å². The van der Waals surface area contributed by atoms with E-state index in [0.717, 1.165) is 17.9 Å². The number of urea groups is 1. The Morgan fingerprint density at radius 3 is 2.88 bits per heavy atom. The van der Waals surface area contributed by atoms with Crippen LogP contribution in [0.4, 0.5) is 4.79 Å². The van der Waals surface area contributed by atoms with Gasteiger partial charge in [0.15, 0.2) is 0 Å². The molecule has 3 atom stereocenters. The molecule has 8 heteroatoms. The van der Waals surface area contributed by atoms with E-state index in [9.17, 15) is 14.4 Å². The Hall–Kier alpha value is -1.96. The third-order valence-corrected chi connectivity index (χ3v) is 5.80. The molecule has 2 aliphatic rings. The number of hydrogen-bond acceptors (Lipinski definition) is 5. The van der Waals surface area contributed by atoms with Gasteiger partial charge in [-0.25, -0.2) is 9.59 Å². The fourth-order valence-electron chi connectivity index (χ4n) is 3.93. The van der Waals surface area contributed by atoms with Gasteiger partial charge in [-0.15, -0.1) is 0 Å². The minimum Gasteiger partial charge on any atom is -0.467 e. The molecule has 1 aromatic rings. The first-order valence-corrected chi connectivity index (χ1v) is 10.2. The van der Waals surface area contributed by atoms with Gasteiger partial charge in [-0.2, -0.15) is 11.8 Å². The molecule has 0 spiro atoms. The fourth-order valence-corrected chi connectivity index (χ4v) is 4.40. The van der Waals surface area contributed by atoms with Crippen LogP contribution in [-0.4, -0.2) is 59.7 Å². The zero-order valence-electron chi connectivity index (χ0n) is 15.1. The van der Waals surface area contributed by atoms with Crippen molar-refractivity contribution in [2.75, 3.05) is 32.2 Å². The van der Waals surface area contributed by atoms with E-state index in [4.69, 9.17) is 4.74 Å². The second-order valence-corrected chi connectivity index (χ2v) is 7.90. The van der Waals surface area contributed by atoms with Crippen molar-refractivity contribution in [3.05, 3.63) is 34.2 Å². The maximum absolute atomic E-state index is 12.7. The van der Waals surface area contributed by atoms with Gasteiger partial charge in [0.05, 0.1) is 7.11 Å². The largest absolute Gasteiger partial charge is 0.467 e. The number of esters is 1. The highest BCUT2D eigenvalue weighted by Crippen LogP contribution is 2.34. The lowest BCUT2D eigenvalue weighted by Gasteiger charge is -2.42. The summed E-state index contributed by atoms with van der Waals surface area (Å²) in [5.41, 5.74) is 1.02. The summed E-state index contributed by atoms with van der Waals surface area (Å²) in [7, 11) is 1.33. The summed E-state index contributed by atoms with van der Waals surface area (Å²) in [6.07, 6.45) is 3.49. The second kappa shape index (κ2) is 8.16. The minimum atomic E-state index is -0.628. The molecule has 2 bridgehead atoms. The van der Waals surface area contributed by atoms with Crippen LogP contribution < -0.4 is 10.9 Å². The van der Waals surface area contributed by atoms with Crippen LogP contribution in [0.3, 0.4) is 0 Å². The quantitative estimate of drug-likeness (QED) is 0.780. The molecule has 1 aromatic heterocycles. The average molecular weight is 379 g/mol. The Morgan fingerprint density at radius 2 is 2.15 bits per heavy atom. The van der Waals surface area contributed by atoms with Gasteiger partial charge in [-0.05, 0) is 36.8 Å². The van der Waals surface area contributed by atoms with Crippen LogP contribution in [0.1, 0.15) is 24.5 Å². The summed E-state index contributed by atoms with van der Waals surface area (Å²) in [5.74, 6) is 0.767. The molecule has 3 heterocycles. The number of nitrogens with zero attached hydrogens (tertiary/aromatic N) is 2. The van der Waals surface area contributed by atoms with Crippen molar-refractivity contribution in [1.29, 1.82) is 0 Å². The summed E-state index contributed by atoms with van der Waals surface area (Å²) in [6, 6.07) is 4.48. The number of fused-ring (bicyclic) bond motifs is 4. The van der Waals surface area contributed by atoms with E-state index in [0.29, 0.717) is 26.1 Å². The van der Waals surface area contributed by atoms with E-state index in [1.54, 1.807) is 28.8 Å². The fraction of sp³-hybridized carbons (Fsp3) is 0.611. The molecule has 3 rings (SSSR count). The highest BCUT2D eigenvalue weighted by Gasteiger charge is 2.37. The van der Waals surface area contributed by atoms with Crippen molar-refractivity contribution in [2.24, 2.45) is 5.92 Å². The number of rotatable bonds is 5. The van der Waals surface area contributed by atoms with Crippen LogP contribution in [0.2, 0.25) is 0 Å². The van der Waals surface area contributed by atoms with Crippen LogP contribution in [0, 0.1) is 5.92 Å². The first-order valence-electron chi connectivity index (χ1n) is 8.85. The number of likely N-dealkylation sites (tertiary alicyclic amines) is 1. The molecule has 0 aromatic carbocycles. The molecule has 0 saturated carbocycles. The number of pyridine rings is 1. The van der Waals surface area contributed by atoms with Gasteiger partial charge in [0.25, 0.3) is 5.56 Å². The normalized spacial score (nSPS) is 22.3. The van der Waals surface area contributed by atoms with Gasteiger partial charge in [0.2, 0.25) is 0 Å². The number of methoxy groups -OCH3 is 1. The van der Waals surface area contributed by atoms with Gasteiger partial charge in [0.1, 0.15) is 6.04 Å². The Labute approximate surface area is 157 Å². The third-order valence-electron chi connectivity index (χ3n) is 5.16. The highest BCUT2D eigenvalue weighted by molar-refractivity contribution is 7.98. The molecule has 142 valence electrons. The number of aromatic nitrogens is 1. The first kappa shape index (κ1) is 18.8. The van der Waals surface area contributed by atoms with Crippen molar-refractivity contribution < 1.29 is 14.3 Å². The molecule has 7 nitrogen and oxygen atoms in total. The van der Waals surface area contributed by atoms with Gasteiger partial charge in [-0.3, -0.25) is 4.79 Å². The molecule has 0 unspecified atom stereocenters. The van der Waals surface area contributed by atoms with Crippen LogP contribution in [-0.2, 0) is 16.1 Å². The zero-order chi connectivity index (χ0) is 18.7. The summed E-state index contributed by atoms with van der Waals surface area (Å²) in [6.45, 7) is 1.80. The van der Waals surface area contributed by atoms with E-state index < -0.39 is 12.0 Å². The molecule has 2 amide bonds. The van der Waals surface area contributed by atoms with Crippen LogP contribution >= 0.6 is 11.8 Å². The van der Waals surface area contributed by atoms with Crippen molar-refractivity contribution in [1.82, 2.24) is 14.8 Å². The number of carbonyl (C=O) groups excluding carboxylic acids is 2. The Bertz CT molecular complexity index is 735. The maximum atomic E-state index is 12.7. The highest BCUT2D eigenvalue weighted by atomic mass is 32.2. The van der Waals surface area contributed by atoms with E-state index in [-0.39, 0.29) is 23.4 Å². The molecule has 1 N–H and O–H groups in total. The van der Waals surface area contributed by atoms with Crippen LogP contribution in [0.5, 0.6) is 0 Å². The van der Waals surface area contributed by atoms with E-state index in [2.05, 4.69) is 5.32 Å². The van der Waals surface area contributed by atoms with Gasteiger partial charge in [0, 0.05) is 37.3 Å². The van der Waals surface area contributed by atoms with E-state index >= 15 is 0 Å². The molecule has 0 aliphatic carbocycles. The molecule has 1 fully saturated rings. The number of amides is 2. The summed E-state index contributed by atoms with van der Waals surface area (Å²) >= 11 is 1.62. The summed E-state index contributed by atoms with van der Waals surface area (Å²) in [5, 5.41) is 2.83. The SMILES string of the molecule is COC(=O)[C@H](CCSC)NC(=O)N1C[C@H]2C[C@@H](C1)c1cccc(=O)n1C2. The van der Waals surface area contributed by atoms with E-state index in [1.165, 1.54) is 7.11 Å². The minimum absolute atomic E-state index is 0.0259. The molecule has 0 radical (unpaired) electrons. The number of hydrogen-bond donors (Lipinski definition) is 1. The number of nitrogens with one attached hydrogen (secondary N) is 1.